The fourth-order valence-corrected chi connectivity index (χ4v) is 1.01. The number of hydrogen-bond acceptors (Lipinski definition) is 2. The summed E-state index contributed by atoms with van der Waals surface area (Å²) >= 11 is 0. The number of nitrogens with one attached hydrogen (secondary N) is 1. The molecular formula is C8H9N2O+. The Hall–Kier alpha value is -1.56. The van der Waals surface area contributed by atoms with Gasteiger partial charge in [0.15, 0.2) is 11.3 Å². The molecule has 0 aliphatic carbocycles. The smallest absolute Gasteiger partial charge is 0.382 e. The van der Waals surface area contributed by atoms with Crippen LogP contribution in [0, 0.1) is 25.2 Å². The van der Waals surface area contributed by atoms with Crippen molar-refractivity contribution in [3.63, 3.8) is 0 Å². The highest BCUT2D eigenvalue weighted by Crippen LogP contribution is 2.13. The lowest BCUT2D eigenvalue weighted by Crippen LogP contribution is -2.09. The first-order chi connectivity index (χ1) is 5.15. The SMILES string of the molecule is Cc1cc(C)c(C#N)c(O)[nH+]1. The first-order valence-corrected chi connectivity index (χ1v) is 3.27. The third-order valence-electron chi connectivity index (χ3n) is 1.49. The summed E-state index contributed by atoms with van der Waals surface area (Å²) in [4.78, 5) is 2.66. The predicted octanol–water partition coefficient (Wildman–Crippen LogP) is 0.695. The van der Waals surface area contributed by atoms with E-state index < -0.39 is 0 Å². The second-order valence-electron chi connectivity index (χ2n) is 2.47. The van der Waals surface area contributed by atoms with Gasteiger partial charge in [0, 0.05) is 13.0 Å². The van der Waals surface area contributed by atoms with Crippen molar-refractivity contribution >= 4 is 0 Å². The second-order valence-corrected chi connectivity index (χ2v) is 2.47. The van der Waals surface area contributed by atoms with Crippen LogP contribution < -0.4 is 4.98 Å². The zero-order valence-corrected chi connectivity index (χ0v) is 6.47. The molecule has 0 unspecified atom stereocenters. The molecule has 0 fully saturated rings. The first-order valence-electron chi connectivity index (χ1n) is 3.27. The monoisotopic (exact) mass is 149 g/mol. The van der Waals surface area contributed by atoms with Gasteiger partial charge in [-0.3, -0.25) is 0 Å². The van der Waals surface area contributed by atoms with Crippen LogP contribution >= 0.6 is 0 Å². The van der Waals surface area contributed by atoms with Crippen LogP contribution in [-0.2, 0) is 0 Å². The third kappa shape index (κ3) is 1.30. The van der Waals surface area contributed by atoms with Gasteiger partial charge in [0.1, 0.15) is 6.07 Å². The van der Waals surface area contributed by atoms with E-state index in [4.69, 9.17) is 5.26 Å². The molecule has 11 heavy (non-hydrogen) atoms. The summed E-state index contributed by atoms with van der Waals surface area (Å²) in [5, 5.41) is 17.8. The van der Waals surface area contributed by atoms with Gasteiger partial charge >= 0.3 is 5.88 Å². The highest BCUT2D eigenvalue weighted by molar-refractivity contribution is 5.40. The lowest BCUT2D eigenvalue weighted by atomic mass is 10.1. The molecule has 1 rings (SSSR count). The molecule has 0 radical (unpaired) electrons. The molecule has 0 aliphatic rings. The number of hydrogen-bond donors (Lipinski definition) is 1. The number of pyridine rings is 1. The summed E-state index contributed by atoms with van der Waals surface area (Å²) in [6, 6.07) is 3.73. The average molecular weight is 149 g/mol. The predicted molar refractivity (Wildman–Crippen MR) is 38.9 cm³/mol. The Kier molecular flexibility index (Phi) is 1.77. The molecule has 0 aromatic carbocycles. The van der Waals surface area contributed by atoms with Crippen LogP contribution in [0.5, 0.6) is 5.88 Å². The van der Waals surface area contributed by atoms with Crippen LogP contribution in [0.3, 0.4) is 0 Å². The molecule has 0 bridgehead atoms. The fourth-order valence-electron chi connectivity index (χ4n) is 1.01. The van der Waals surface area contributed by atoms with Gasteiger partial charge in [-0.25, -0.2) is 0 Å². The maximum absolute atomic E-state index is 9.19. The number of aromatic hydroxyl groups is 1. The minimum Gasteiger partial charge on any atom is -0.459 e. The Labute approximate surface area is 64.9 Å². The van der Waals surface area contributed by atoms with Gasteiger partial charge in [-0.1, -0.05) is 0 Å². The van der Waals surface area contributed by atoms with Crippen molar-refractivity contribution in [2.45, 2.75) is 13.8 Å². The number of aromatic nitrogens is 1. The normalized spacial score (nSPS) is 9.18. The summed E-state index contributed by atoms with van der Waals surface area (Å²) in [5.74, 6) is -0.0509. The number of aromatic amines is 1. The van der Waals surface area contributed by atoms with E-state index in [1.54, 1.807) is 6.92 Å². The van der Waals surface area contributed by atoms with Crippen LogP contribution in [0.25, 0.3) is 0 Å². The number of nitrogens with zero attached hydrogens (tertiary/aromatic N) is 1. The molecule has 3 heteroatoms. The summed E-state index contributed by atoms with van der Waals surface area (Å²) in [6.45, 7) is 3.62. The fraction of sp³-hybridized carbons (Fsp3) is 0.250. The van der Waals surface area contributed by atoms with E-state index in [0.29, 0.717) is 5.56 Å². The molecular weight excluding hydrogens is 140 g/mol. The Morgan fingerprint density at radius 1 is 1.55 bits per heavy atom. The highest BCUT2D eigenvalue weighted by Gasteiger charge is 2.11. The molecule has 0 spiro atoms. The average Bonchev–Trinajstić information content (AvgIpc) is 1.85. The van der Waals surface area contributed by atoms with Gasteiger partial charge in [0.05, 0.1) is 0 Å². The van der Waals surface area contributed by atoms with Gasteiger partial charge in [-0.2, -0.15) is 10.2 Å². The molecule has 0 atom stereocenters. The second kappa shape index (κ2) is 2.59. The Balaban J connectivity index is 3.40. The molecule has 56 valence electrons. The summed E-state index contributed by atoms with van der Waals surface area (Å²) in [6.07, 6.45) is 0. The number of nitriles is 1. The summed E-state index contributed by atoms with van der Waals surface area (Å²) in [5.41, 5.74) is 1.95. The van der Waals surface area contributed by atoms with Crippen molar-refractivity contribution in [1.29, 1.82) is 5.26 Å². The number of aryl methyl sites for hydroxylation is 2. The van der Waals surface area contributed by atoms with Crippen molar-refractivity contribution < 1.29 is 10.1 Å². The van der Waals surface area contributed by atoms with Crippen molar-refractivity contribution in [3.05, 3.63) is 22.9 Å². The molecule has 0 aliphatic heterocycles. The molecule has 0 amide bonds. The third-order valence-corrected chi connectivity index (χ3v) is 1.49. The number of H-pyrrole nitrogens is 1. The quantitative estimate of drug-likeness (QED) is 0.590. The molecule has 0 saturated heterocycles. The van der Waals surface area contributed by atoms with Gasteiger partial charge in [0.25, 0.3) is 0 Å². The van der Waals surface area contributed by atoms with Crippen LogP contribution in [0.1, 0.15) is 16.8 Å². The van der Waals surface area contributed by atoms with Gasteiger partial charge in [0.2, 0.25) is 0 Å². The zero-order valence-electron chi connectivity index (χ0n) is 6.47. The van der Waals surface area contributed by atoms with Crippen molar-refractivity contribution in [1.82, 2.24) is 0 Å². The maximum Gasteiger partial charge on any atom is 0.382 e. The van der Waals surface area contributed by atoms with E-state index in [1.165, 1.54) is 0 Å². The number of rotatable bonds is 0. The lowest BCUT2D eigenvalue weighted by Gasteiger charge is -1.93. The molecule has 3 nitrogen and oxygen atoms in total. The molecule has 1 aromatic rings. The standard InChI is InChI=1S/C8H8N2O/c1-5-3-6(2)10-8(11)7(5)4-9/h3H,1-2H3,(H,10,11)/p+1. The molecule has 0 saturated carbocycles. The van der Waals surface area contributed by atoms with E-state index in [0.717, 1.165) is 11.3 Å². The summed E-state index contributed by atoms with van der Waals surface area (Å²) < 4.78 is 0. The Bertz CT molecular complexity index is 302. The minimum absolute atomic E-state index is 0.0509. The maximum atomic E-state index is 9.19. The molecule has 1 aromatic heterocycles. The van der Waals surface area contributed by atoms with Crippen LogP contribution in [0.4, 0.5) is 0 Å². The van der Waals surface area contributed by atoms with E-state index in [9.17, 15) is 5.11 Å². The van der Waals surface area contributed by atoms with Crippen molar-refractivity contribution in [2.75, 3.05) is 0 Å². The van der Waals surface area contributed by atoms with Crippen molar-refractivity contribution in [3.8, 4) is 11.9 Å². The van der Waals surface area contributed by atoms with Gasteiger partial charge in [-0.05, 0) is 12.5 Å². The largest absolute Gasteiger partial charge is 0.459 e. The first kappa shape index (κ1) is 7.55. The summed E-state index contributed by atoms with van der Waals surface area (Å²) in [7, 11) is 0. The van der Waals surface area contributed by atoms with Gasteiger partial charge in [-0.15, -0.1) is 0 Å². The minimum atomic E-state index is -0.0509. The molecule has 1 heterocycles. The zero-order chi connectivity index (χ0) is 8.43. The Morgan fingerprint density at radius 3 is 2.64 bits per heavy atom. The van der Waals surface area contributed by atoms with E-state index >= 15 is 0 Å². The van der Waals surface area contributed by atoms with E-state index in [2.05, 4.69) is 4.98 Å². The van der Waals surface area contributed by atoms with E-state index in [-0.39, 0.29) is 5.88 Å². The topological polar surface area (TPSA) is 58.2 Å². The van der Waals surface area contributed by atoms with Crippen molar-refractivity contribution in [2.24, 2.45) is 0 Å². The molecule has 2 N–H and O–H groups in total. The van der Waals surface area contributed by atoms with Crippen LogP contribution in [0.2, 0.25) is 0 Å². The van der Waals surface area contributed by atoms with Crippen LogP contribution in [0.15, 0.2) is 6.07 Å². The van der Waals surface area contributed by atoms with Crippen LogP contribution in [-0.4, -0.2) is 5.11 Å². The Morgan fingerprint density at radius 2 is 2.18 bits per heavy atom. The van der Waals surface area contributed by atoms with E-state index in [1.807, 2.05) is 19.1 Å². The highest BCUT2D eigenvalue weighted by atomic mass is 16.3. The van der Waals surface area contributed by atoms with Gasteiger partial charge < -0.3 is 5.11 Å². The lowest BCUT2D eigenvalue weighted by molar-refractivity contribution is -0.403.